The SMILES string of the molecule is COc1ccc(-n2c[n+](C)c3c(=O)[nH]c(N)nc32)cc1OC. The second-order valence-electron chi connectivity index (χ2n) is 4.76. The highest BCUT2D eigenvalue weighted by atomic mass is 16.5. The average molecular weight is 302 g/mol. The fraction of sp³-hybridized carbons (Fsp3) is 0.214. The molecule has 0 aliphatic heterocycles. The number of hydrogen-bond donors (Lipinski definition) is 2. The number of aryl methyl sites for hydroxylation is 1. The van der Waals surface area contributed by atoms with E-state index >= 15 is 0 Å². The normalized spacial score (nSPS) is 10.9. The van der Waals surface area contributed by atoms with Gasteiger partial charge >= 0.3 is 5.56 Å². The minimum absolute atomic E-state index is 0.0675. The molecule has 3 aromatic rings. The number of rotatable bonds is 3. The quantitative estimate of drug-likeness (QED) is 0.670. The van der Waals surface area contributed by atoms with Gasteiger partial charge in [0.05, 0.1) is 21.3 Å². The molecule has 8 heteroatoms. The van der Waals surface area contributed by atoms with Crippen molar-refractivity contribution in [1.29, 1.82) is 0 Å². The summed E-state index contributed by atoms with van der Waals surface area (Å²) in [4.78, 5) is 18.8. The van der Waals surface area contributed by atoms with Gasteiger partial charge in [-0.1, -0.05) is 0 Å². The molecule has 0 aliphatic rings. The summed E-state index contributed by atoms with van der Waals surface area (Å²) in [6, 6.07) is 5.44. The highest BCUT2D eigenvalue weighted by molar-refractivity contribution is 5.70. The smallest absolute Gasteiger partial charge is 0.304 e. The zero-order chi connectivity index (χ0) is 15.9. The lowest BCUT2D eigenvalue weighted by molar-refractivity contribution is -0.646. The van der Waals surface area contributed by atoms with E-state index in [4.69, 9.17) is 15.2 Å². The molecule has 0 unspecified atom stereocenters. The Labute approximate surface area is 125 Å². The Hall–Kier alpha value is -3.03. The van der Waals surface area contributed by atoms with Gasteiger partial charge in [0.2, 0.25) is 5.95 Å². The van der Waals surface area contributed by atoms with Gasteiger partial charge in [-0.25, -0.2) is 4.57 Å². The number of fused-ring (bicyclic) bond motifs is 1. The summed E-state index contributed by atoms with van der Waals surface area (Å²) in [5.74, 6) is 1.28. The van der Waals surface area contributed by atoms with Gasteiger partial charge in [0.15, 0.2) is 11.5 Å². The monoisotopic (exact) mass is 302 g/mol. The van der Waals surface area contributed by atoms with Crippen molar-refractivity contribution in [2.24, 2.45) is 7.05 Å². The third kappa shape index (κ3) is 2.05. The van der Waals surface area contributed by atoms with Crippen molar-refractivity contribution in [1.82, 2.24) is 14.5 Å². The molecule has 3 N–H and O–H groups in total. The molecule has 0 atom stereocenters. The van der Waals surface area contributed by atoms with Gasteiger partial charge in [0.1, 0.15) is 5.69 Å². The van der Waals surface area contributed by atoms with Crippen molar-refractivity contribution in [3.8, 4) is 17.2 Å². The molecule has 0 saturated carbocycles. The summed E-state index contributed by atoms with van der Waals surface area (Å²) < 4.78 is 14.0. The predicted molar refractivity (Wildman–Crippen MR) is 80.4 cm³/mol. The number of nitrogens with zero attached hydrogens (tertiary/aromatic N) is 3. The molecule has 0 amide bonds. The van der Waals surface area contributed by atoms with E-state index in [1.165, 1.54) is 0 Å². The van der Waals surface area contributed by atoms with E-state index in [2.05, 4.69) is 9.97 Å². The van der Waals surface area contributed by atoms with Gasteiger partial charge in [-0.15, -0.1) is 0 Å². The predicted octanol–water partition coefficient (Wildman–Crippen LogP) is 0.138. The van der Waals surface area contributed by atoms with Crippen LogP contribution in [0.1, 0.15) is 0 Å². The fourth-order valence-electron chi connectivity index (χ4n) is 2.41. The van der Waals surface area contributed by atoms with Crippen LogP contribution in [-0.2, 0) is 7.05 Å². The zero-order valence-electron chi connectivity index (χ0n) is 12.5. The average Bonchev–Trinajstić information content (AvgIpc) is 2.83. The molecule has 2 heterocycles. The van der Waals surface area contributed by atoms with Crippen molar-refractivity contribution in [3.05, 3.63) is 34.9 Å². The molecule has 8 nitrogen and oxygen atoms in total. The standard InChI is InChI=1S/C14H15N5O3/c1-18-7-19(12-11(18)13(20)17-14(15)16-12)8-4-5-9(21-2)10(6-8)22-3/h4-7H,1-3H3,(H2-,15,16,17,20)/p+1. The minimum Gasteiger partial charge on any atom is -0.493 e. The largest absolute Gasteiger partial charge is 0.493 e. The summed E-state index contributed by atoms with van der Waals surface area (Å²) in [6.45, 7) is 0. The van der Waals surface area contributed by atoms with Crippen LogP contribution in [-0.4, -0.2) is 28.8 Å². The molecule has 3 rings (SSSR count). The van der Waals surface area contributed by atoms with E-state index in [1.807, 2.05) is 6.07 Å². The highest BCUT2D eigenvalue weighted by Gasteiger charge is 2.21. The fourth-order valence-corrected chi connectivity index (χ4v) is 2.41. The first kappa shape index (κ1) is 13.9. The number of nitrogens with two attached hydrogens (primary N) is 1. The molecular weight excluding hydrogens is 286 g/mol. The van der Waals surface area contributed by atoms with Gasteiger partial charge in [0.25, 0.3) is 17.5 Å². The lowest BCUT2D eigenvalue weighted by Gasteiger charge is -2.07. The number of benzene rings is 1. The maximum Gasteiger partial charge on any atom is 0.304 e. The summed E-state index contributed by atoms with van der Waals surface area (Å²) in [6.07, 6.45) is 1.76. The van der Waals surface area contributed by atoms with Crippen LogP contribution in [0.2, 0.25) is 0 Å². The van der Waals surface area contributed by atoms with Crippen LogP contribution < -0.4 is 25.3 Å². The summed E-state index contributed by atoms with van der Waals surface area (Å²) >= 11 is 0. The number of imidazole rings is 1. The Balaban J connectivity index is 2.29. The van der Waals surface area contributed by atoms with Crippen molar-refractivity contribution in [2.75, 3.05) is 20.0 Å². The molecule has 0 radical (unpaired) electrons. The van der Waals surface area contributed by atoms with Crippen LogP contribution in [0.5, 0.6) is 11.5 Å². The lowest BCUT2D eigenvalue weighted by Crippen LogP contribution is -2.31. The zero-order valence-corrected chi connectivity index (χ0v) is 12.5. The van der Waals surface area contributed by atoms with Crippen LogP contribution in [0.3, 0.4) is 0 Å². The van der Waals surface area contributed by atoms with Crippen LogP contribution >= 0.6 is 0 Å². The molecule has 2 aromatic heterocycles. The topological polar surface area (TPSA) is 99.0 Å². The van der Waals surface area contributed by atoms with E-state index in [-0.39, 0.29) is 11.5 Å². The van der Waals surface area contributed by atoms with Gasteiger partial charge in [-0.3, -0.25) is 9.78 Å². The molecule has 0 spiro atoms. The number of nitrogen functional groups attached to an aromatic ring is 1. The third-order valence-electron chi connectivity index (χ3n) is 3.41. The van der Waals surface area contributed by atoms with E-state index in [1.54, 1.807) is 48.9 Å². The van der Waals surface area contributed by atoms with Crippen molar-refractivity contribution >= 4 is 17.1 Å². The molecule has 1 aromatic carbocycles. The summed E-state index contributed by atoms with van der Waals surface area (Å²) in [5, 5.41) is 0. The third-order valence-corrected chi connectivity index (χ3v) is 3.41. The molecule has 0 saturated heterocycles. The number of methoxy groups -OCH3 is 2. The van der Waals surface area contributed by atoms with Crippen LogP contribution in [0.25, 0.3) is 16.9 Å². The van der Waals surface area contributed by atoms with Crippen LogP contribution in [0.4, 0.5) is 5.95 Å². The van der Waals surface area contributed by atoms with Gasteiger partial charge in [-0.05, 0) is 12.1 Å². The van der Waals surface area contributed by atoms with E-state index in [0.29, 0.717) is 22.7 Å². The Morgan fingerprint density at radius 3 is 2.68 bits per heavy atom. The molecule has 114 valence electrons. The highest BCUT2D eigenvalue weighted by Crippen LogP contribution is 2.29. The summed E-state index contributed by atoms with van der Waals surface area (Å²) in [7, 11) is 4.91. The van der Waals surface area contributed by atoms with Gasteiger partial charge < -0.3 is 15.2 Å². The molecule has 0 fully saturated rings. The minimum atomic E-state index is -0.288. The number of ether oxygens (including phenoxy) is 2. The van der Waals surface area contributed by atoms with Crippen LogP contribution in [0.15, 0.2) is 29.3 Å². The molecule has 0 aliphatic carbocycles. The number of nitrogens with one attached hydrogen (secondary N) is 1. The lowest BCUT2D eigenvalue weighted by atomic mass is 10.2. The first-order valence-corrected chi connectivity index (χ1v) is 6.54. The van der Waals surface area contributed by atoms with Crippen molar-refractivity contribution < 1.29 is 14.0 Å². The Kier molecular flexibility index (Phi) is 3.21. The Morgan fingerprint density at radius 2 is 2.00 bits per heavy atom. The number of anilines is 1. The molecule has 0 bridgehead atoms. The molecule has 22 heavy (non-hydrogen) atoms. The Bertz CT molecular complexity index is 913. The van der Waals surface area contributed by atoms with Crippen molar-refractivity contribution in [2.45, 2.75) is 0 Å². The number of hydrogen-bond acceptors (Lipinski definition) is 5. The molecular formula is C14H16N5O3+. The number of aromatic nitrogens is 4. The maximum absolute atomic E-state index is 12.0. The van der Waals surface area contributed by atoms with Crippen molar-refractivity contribution in [3.63, 3.8) is 0 Å². The first-order chi connectivity index (χ1) is 10.5. The second kappa shape index (κ2) is 5.06. The van der Waals surface area contributed by atoms with E-state index < -0.39 is 0 Å². The van der Waals surface area contributed by atoms with E-state index in [9.17, 15) is 4.79 Å². The Morgan fingerprint density at radius 1 is 1.27 bits per heavy atom. The van der Waals surface area contributed by atoms with Gasteiger partial charge in [-0.2, -0.15) is 9.55 Å². The first-order valence-electron chi connectivity index (χ1n) is 6.54. The summed E-state index contributed by atoms with van der Waals surface area (Å²) in [5.41, 5.74) is 7.04. The van der Waals surface area contributed by atoms with Gasteiger partial charge in [0, 0.05) is 6.07 Å². The number of H-pyrrole nitrogens is 1. The second-order valence-corrected chi connectivity index (χ2v) is 4.76. The van der Waals surface area contributed by atoms with E-state index in [0.717, 1.165) is 5.69 Å². The maximum atomic E-state index is 12.0. The van der Waals surface area contributed by atoms with Crippen LogP contribution in [0, 0.1) is 0 Å². The number of aromatic amines is 1.